The Morgan fingerprint density at radius 1 is 1.26 bits per heavy atom. The number of methoxy groups -OCH3 is 2. The number of halogens is 1. The Morgan fingerprint density at radius 3 is 2.53 bits per heavy atom. The number of rotatable bonds is 4. The molecule has 5 nitrogen and oxygen atoms in total. The molecule has 1 aromatic carbocycles. The lowest BCUT2D eigenvalue weighted by atomic mass is 10.1. The number of aryl methyl sites for hydroxylation is 1. The average Bonchev–Trinajstić information content (AvgIpc) is 2.84. The van der Waals surface area contributed by atoms with Crippen LogP contribution < -0.4 is 9.47 Å². The summed E-state index contributed by atoms with van der Waals surface area (Å²) in [6.07, 6.45) is 1.72. The van der Waals surface area contributed by atoms with Crippen molar-refractivity contribution in [3.8, 4) is 11.5 Å². The number of ether oxygens (including phenoxy) is 2. The average molecular weight is 325 g/mol. The van der Waals surface area contributed by atoms with Crippen molar-refractivity contribution < 1.29 is 14.3 Å². The van der Waals surface area contributed by atoms with Crippen molar-refractivity contribution >= 4 is 21.7 Å². The van der Waals surface area contributed by atoms with Gasteiger partial charge in [-0.2, -0.15) is 5.10 Å². The smallest absolute Gasteiger partial charge is 0.216 e. The molecule has 100 valence electrons. The predicted octanol–water partition coefficient (Wildman–Crippen LogP) is 2.43. The van der Waals surface area contributed by atoms with E-state index < -0.39 is 0 Å². The van der Waals surface area contributed by atoms with Crippen LogP contribution in [0, 0.1) is 0 Å². The molecule has 6 heteroatoms. The van der Waals surface area contributed by atoms with Gasteiger partial charge in [-0.3, -0.25) is 9.48 Å². The van der Waals surface area contributed by atoms with Crippen molar-refractivity contribution in [3.63, 3.8) is 0 Å². The molecule has 2 aromatic rings. The van der Waals surface area contributed by atoms with Crippen LogP contribution in [0.5, 0.6) is 11.5 Å². The van der Waals surface area contributed by atoms with Crippen LogP contribution in [0.25, 0.3) is 0 Å². The zero-order chi connectivity index (χ0) is 14.0. The van der Waals surface area contributed by atoms with E-state index in [0.29, 0.717) is 27.2 Å². The van der Waals surface area contributed by atoms with E-state index >= 15 is 0 Å². The summed E-state index contributed by atoms with van der Waals surface area (Å²) in [5, 5.41) is 4.10. The zero-order valence-corrected chi connectivity index (χ0v) is 12.4. The van der Waals surface area contributed by atoms with E-state index in [9.17, 15) is 4.79 Å². The number of benzene rings is 1. The zero-order valence-electron chi connectivity index (χ0n) is 10.8. The van der Waals surface area contributed by atoms with Crippen LogP contribution in [0.1, 0.15) is 16.1 Å². The quantitative estimate of drug-likeness (QED) is 0.810. The molecule has 0 radical (unpaired) electrons. The molecule has 0 saturated carbocycles. The topological polar surface area (TPSA) is 53.4 Å². The normalized spacial score (nSPS) is 10.3. The van der Waals surface area contributed by atoms with Gasteiger partial charge >= 0.3 is 0 Å². The Bertz CT molecular complexity index is 622. The second-order valence-electron chi connectivity index (χ2n) is 3.87. The lowest BCUT2D eigenvalue weighted by Gasteiger charge is -2.11. The molecule has 0 unspecified atom stereocenters. The summed E-state index contributed by atoms with van der Waals surface area (Å²) < 4.78 is 12.7. The van der Waals surface area contributed by atoms with Crippen LogP contribution in [0.2, 0.25) is 0 Å². The summed E-state index contributed by atoms with van der Waals surface area (Å²) in [5.41, 5.74) is 0.812. The molecule has 0 bridgehead atoms. The van der Waals surface area contributed by atoms with Gasteiger partial charge in [0.1, 0.15) is 21.7 Å². The Balaban J connectivity index is 2.50. The van der Waals surface area contributed by atoms with Gasteiger partial charge in [0.25, 0.3) is 0 Å². The van der Waals surface area contributed by atoms with Gasteiger partial charge in [-0.05, 0) is 34.1 Å². The highest BCUT2D eigenvalue weighted by atomic mass is 79.9. The molecule has 2 rings (SSSR count). The molecule has 0 aliphatic rings. The van der Waals surface area contributed by atoms with Gasteiger partial charge in [0.2, 0.25) is 5.78 Å². The minimum absolute atomic E-state index is 0.194. The number of hydrogen-bond acceptors (Lipinski definition) is 4. The van der Waals surface area contributed by atoms with E-state index in [0.717, 1.165) is 0 Å². The number of carbonyl (C=O) groups is 1. The highest BCUT2D eigenvalue weighted by Crippen LogP contribution is 2.37. The molecule has 0 saturated heterocycles. The molecule has 19 heavy (non-hydrogen) atoms. The summed E-state index contributed by atoms with van der Waals surface area (Å²) in [7, 11) is 4.83. The molecule has 1 aromatic heterocycles. The van der Waals surface area contributed by atoms with E-state index in [-0.39, 0.29) is 5.78 Å². The summed E-state index contributed by atoms with van der Waals surface area (Å²) >= 11 is 3.37. The Morgan fingerprint density at radius 2 is 2.00 bits per heavy atom. The summed E-state index contributed by atoms with van der Waals surface area (Å²) in [4.78, 5) is 12.4. The maximum Gasteiger partial charge on any atom is 0.216 e. The number of ketones is 1. The van der Waals surface area contributed by atoms with E-state index in [1.165, 1.54) is 7.11 Å². The van der Waals surface area contributed by atoms with Gasteiger partial charge in [-0.25, -0.2) is 0 Å². The van der Waals surface area contributed by atoms with E-state index in [4.69, 9.17) is 9.47 Å². The fourth-order valence-corrected chi connectivity index (χ4v) is 2.42. The first-order chi connectivity index (χ1) is 9.08. The maximum atomic E-state index is 12.4. The molecule has 0 aliphatic carbocycles. The number of aromatic nitrogens is 2. The van der Waals surface area contributed by atoms with Crippen LogP contribution in [0.4, 0.5) is 0 Å². The first kappa shape index (κ1) is 13.6. The van der Waals surface area contributed by atoms with Crippen LogP contribution in [0.15, 0.2) is 28.9 Å². The van der Waals surface area contributed by atoms with E-state index in [2.05, 4.69) is 21.0 Å². The molecule has 1 heterocycles. The molecule has 0 spiro atoms. The van der Waals surface area contributed by atoms with Gasteiger partial charge in [0.15, 0.2) is 0 Å². The first-order valence-electron chi connectivity index (χ1n) is 5.53. The van der Waals surface area contributed by atoms with Crippen molar-refractivity contribution in [3.05, 3.63) is 40.1 Å². The Hall–Kier alpha value is -1.82. The van der Waals surface area contributed by atoms with Crippen molar-refractivity contribution in [2.24, 2.45) is 7.05 Å². The van der Waals surface area contributed by atoms with Crippen LogP contribution in [0.3, 0.4) is 0 Å². The number of hydrogen-bond donors (Lipinski definition) is 0. The molecular weight excluding hydrogens is 312 g/mol. The lowest BCUT2D eigenvalue weighted by molar-refractivity contribution is 0.103. The van der Waals surface area contributed by atoms with Gasteiger partial charge in [-0.15, -0.1) is 0 Å². The molecule has 0 fully saturated rings. The van der Waals surface area contributed by atoms with Crippen molar-refractivity contribution in [1.82, 2.24) is 9.78 Å². The second kappa shape index (κ2) is 5.44. The van der Waals surface area contributed by atoms with Crippen molar-refractivity contribution in [1.29, 1.82) is 0 Å². The largest absolute Gasteiger partial charge is 0.495 e. The Labute approximate surface area is 119 Å². The third-order valence-corrected chi connectivity index (χ3v) is 3.43. The highest BCUT2D eigenvalue weighted by molar-refractivity contribution is 9.10. The summed E-state index contributed by atoms with van der Waals surface area (Å²) in [6.45, 7) is 0. The van der Waals surface area contributed by atoms with Gasteiger partial charge in [-0.1, -0.05) is 0 Å². The lowest BCUT2D eigenvalue weighted by Crippen LogP contribution is -2.06. The van der Waals surface area contributed by atoms with Gasteiger partial charge < -0.3 is 9.47 Å². The monoisotopic (exact) mass is 324 g/mol. The summed E-state index contributed by atoms with van der Waals surface area (Å²) in [6, 6.07) is 5.04. The number of carbonyl (C=O) groups excluding carboxylic acids is 1. The molecule has 0 N–H and O–H groups in total. The van der Waals surface area contributed by atoms with Gasteiger partial charge in [0.05, 0.1) is 19.8 Å². The fraction of sp³-hybridized carbons (Fsp3) is 0.231. The minimum Gasteiger partial charge on any atom is -0.495 e. The van der Waals surface area contributed by atoms with Crippen LogP contribution in [-0.2, 0) is 7.05 Å². The molecular formula is C13H13BrN2O3. The number of nitrogens with zero attached hydrogens (tertiary/aromatic N) is 2. The third-order valence-electron chi connectivity index (χ3n) is 2.68. The van der Waals surface area contributed by atoms with Crippen molar-refractivity contribution in [2.75, 3.05) is 14.2 Å². The second-order valence-corrected chi connectivity index (χ2v) is 4.66. The van der Waals surface area contributed by atoms with E-state index in [1.807, 2.05) is 0 Å². The fourth-order valence-electron chi connectivity index (χ4n) is 1.75. The molecule has 0 aliphatic heterocycles. The third kappa shape index (κ3) is 2.49. The minimum atomic E-state index is -0.194. The maximum absolute atomic E-state index is 12.4. The van der Waals surface area contributed by atoms with E-state index in [1.54, 1.807) is 43.2 Å². The van der Waals surface area contributed by atoms with Crippen LogP contribution in [-0.4, -0.2) is 29.8 Å². The van der Waals surface area contributed by atoms with Crippen molar-refractivity contribution in [2.45, 2.75) is 0 Å². The van der Waals surface area contributed by atoms with Gasteiger partial charge in [0, 0.05) is 13.2 Å². The summed E-state index contributed by atoms with van der Waals surface area (Å²) in [5.74, 6) is 0.852. The SMILES string of the molecule is COc1ccc(C(=O)c2ccn(C)n2)c(OC)c1Br. The Kier molecular flexibility index (Phi) is 3.90. The first-order valence-corrected chi connectivity index (χ1v) is 6.32. The van der Waals surface area contributed by atoms with Crippen LogP contribution >= 0.6 is 15.9 Å². The standard InChI is InChI=1S/C13H13BrN2O3/c1-16-7-6-9(15-16)12(17)8-4-5-10(18-2)11(14)13(8)19-3/h4-7H,1-3H3. The predicted molar refractivity (Wildman–Crippen MR) is 73.9 cm³/mol. The molecule has 0 atom stereocenters. The molecule has 0 amide bonds. The highest BCUT2D eigenvalue weighted by Gasteiger charge is 2.20.